The Hall–Kier alpha value is -1.06. The second-order valence-electron chi connectivity index (χ2n) is 11.0. The Morgan fingerprint density at radius 2 is 1.36 bits per heavy atom. The Kier molecular flexibility index (Phi) is 5.52. The fourth-order valence-electron chi connectivity index (χ4n) is 6.97. The smallest absolute Gasteiger partial charge is 0.310 e. The number of hydrogen-bond acceptors (Lipinski definition) is 4. The largest absolute Gasteiger partial charge is 0.465 e. The van der Waals surface area contributed by atoms with Gasteiger partial charge in [0, 0.05) is 5.41 Å². The van der Waals surface area contributed by atoms with Gasteiger partial charge in [-0.25, -0.2) is 0 Å². The Balaban J connectivity index is 1.29. The van der Waals surface area contributed by atoms with Gasteiger partial charge >= 0.3 is 11.9 Å². The van der Waals surface area contributed by atoms with Crippen LogP contribution >= 0.6 is 0 Å². The molecule has 5 aliphatic rings. The Morgan fingerprint density at radius 1 is 0.857 bits per heavy atom. The van der Waals surface area contributed by atoms with E-state index in [1.807, 2.05) is 20.8 Å². The van der Waals surface area contributed by atoms with E-state index in [-0.39, 0.29) is 23.0 Å². The first-order valence-electron chi connectivity index (χ1n) is 11.7. The number of hydrogen-bond donors (Lipinski definition) is 0. The average Bonchev–Trinajstić information content (AvgIpc) is 2.64. The lowest BCUT2D eigenvalue weighted by atomic mass is 9.50. The monoisotopic (exact) mass is 390 g/mol. The van der Waals surface area contributed by atoms with Crippen molar-refractivity contribution in [2.45, 2.75) is 97.0 Å². The fraction of sp³-hybridized carbons (Fsp3) is 0.917. The van der Waals surface area contributed by atoms with Crippen molar-refractivity contribution >= 4 is 11.9 Å². The molecule has 0 heterocycles. The molecule has 0 aliphatic heterocycles. The van der Waals surface area contributed by atoms with Gasteiger partial charge in [0.15, 0.2) is 0 Å². The zero-order valence-corrected chi connectivity index (χ0v) is 18.0. The first kappa shape index (κ1) is 20.2. The van der Waals surface area contributed by atoms with Crippen LogP contribution in [0.25, 0.3) is 0 Å². The quantitative estimate of drug-likeness (QED) is 0.579. The van der Waals surface area contributed by atoms with Crippen LogP contribution in [0.15, 0.2) is 0 Å². The second kappa shape index (κ2) is 7.65. The first-order valence-corrected chi connectivity index (χ1v) is 11.7. The first-order chi connectivity index (χ1) is 13.3. The Morgan fingerprint density at radius 3 is 1.89 bits per heavy atom. The van der Waals surface area contributed by atoms with E-state index in [0.717, 1.165) is 43.4 Å². The summed E-state index contributed by atoms with van der Waals surface area (Å²) in [5, 5.41) is 0. The van der Waals surface area contributed by atoms with Gasteiger partial charge in [-0.2, -0.15) is 0 Å². The van der Waals surface area contributed by atoms with Crippen LogP contribution in [-0.4, -0.2) is 24.1 Å². The van der Waals surface area contributed by atoms with Crippen LogP contribution in [0, 0.1) is 35.0 Å². The minimum atomic E-state index is -0.456. The van der Waals surface area contributed by atoms with Crippen molar-refractivity contribution in [3.63, 3.8) is 0 Å². The van der Waals surface area contributed by atoms with Crippen molar-refractivity contribution in [2.24, 2.45) is 35.0 Å². The fourth-order valence-corrected chi connectivity index (χ4v) is 6.97. The molecule has 0 aromatic carbocycles. The van der Waals surface area contributed by atoms with Crippen molar-refractivity contribution in [1.82, 2.24) is 0 Å². The maximum Gasteiger partial charge on any atom is 0.310 e. The SMILES string of the molecule is CC(C(=O)OCC12CC3CC(CC(C3)C1)C2)C(C)C(=O)OC1(C)CCCCC1. The van der Waals surface area contributed by atoms with E-state index in [0.29, 0.717) is 6.61 Å². The molecule has 4 heteroatoms. The molecule has 0 aromatic rings. The van der Waals surface area contributed by atoms with Gasteiger partial charge < -0.3 is 9.47 Å². The van der Waals surface area contributed by atoms with E-state index < -0.39 is 11.8 Å². The highest BCUT2D eigenvalue weighted by Crippen LogP contribution is 2.60. The van der Waals surface area contributed by atoms with Crippen LogP contribution in [0.2, 0.25) is 0 Å². The van der Waals surface area contributed by atoms with Gasteiger partial charge in [-0.3, -0.25) is 9.59 Å². The summed E-state index contributed by atoms with van der Waals surface area (Å²) in [6.07, 6.45) is 13.2. The van der Waals surface area contributed by atoms with Gasteiger partial charge in [0.2, 0.25) is 0 Å². The molecule has 5 fully saturated rings. The molecule has 4 nitrogen and oxygen atoms in total. The number of esters is 2. The Bertz CT molecular complexity index is 568. The van der Waals surface area contributed by atoms with Gasteiger partial charge in [-0.1, -0.05) is 20.3 Å². The molecule has 0 spiro atoms. The molecule has 0 amide bonds. The summed E-state index contributed by atoms with van der Waals surface area (Å²) in [7, 11) is 0. The zero-order valence-electron chi connectivity index (χ0n) is 18.0. The van der Waals surface area contributed by atoms with Crippen molar-refractivity contribution in [1.29, 1.82) is 0 Å². The summed E-state index contributed by atoms with van der Waals surface area (Å²) >= 11 is 0. The third-order valence-electron chi connectivity index (χ3n) is 8.44. The molecule has 2 unspecified atom stereocenters. The molecule has 5 saturated carbocycles. The third kappa shape index (κ3) is 4.11. The molecule has 0 radical (unpaired) electrons. The predicted octanol–water partition coefficient (Wildman–Crippen LogP) is 5.28. The summed E-state index contributed by atoms with van der Waals surface area (Å²) in [5.74, 6) is 1.18. The molecular formula is C24H38O4. The molecule has 0 N–H and O–H groups in total. The van der Waals surface area contributed by atoms with Crippen molar-refractivity contribution in [2.75, 3.05) is 6.61 Å². The van der Waals surface area contributed by atoms with Gasteiger partial charge in [0.1, 0.15) is 5.60 Å². The lowest BCUT2D eigenvalue weighted by Crippen LogP contribution is -2.48. The zero-order chi connectivity index (χ0) is 19.9. The van der Waals surface area contributed by atoms with E-state index in [4.69, 9.17) is 9.47 Å². The van der Waals surface area contributed by atoms with Crippen LogP contribution in [-0.2, 0) is 19.1 Å². The topological polar surface area (TPSA) is 52.6 Å². The highest BCUT2D eigenvalue weighted by atomic mass is 16.6. The molecular weight excluding hydrogens is 352 g/mol. The van der Waals surface area contributed by atoms with Crippen LogP contribution in [0.1, 0.15) is 91.4 Å². The van der Waals surface area contributed by atoms with Crippen molar-refractivity contribution in [3.05, 3.63) is 0 Å². The van der Waals surface area contributed by atoms with E-state index in [1.165, 1.54) is 44.9 Å². The van der Waals surface area contributed by atoms with Gasteiger partial charge in [-0.05, 0) is 88.9 Å². The van der Waals surface area contributed by atoms with E-state index >= 15 is 0 Å². The lowest BCUT2D eigenvalue weighted by Gasteiger charge is -2.56. The summed E-state index contributed by atoms with van der Waals surface area (Å²) < 4.78 is 11.7. The minimum absolute atomic E-state index is 0.226. The van der Waals surface area contributed by atoms with E-state index in [2.05, 4.69) is 0 Å². The molecule has 5 aliphatic carbocycles. The Labute approximate surface area is 170 Å². The second-order valence-corrected chi connectivity index (χ2v) is 11.0. The van der Waals surface area contributed by atoms with Crippen molar-refractivity contribution < 1.29 is 19.1 Å². The summed E-state index contributed by atoms with van der Waals surface area (Å²) in [6.45, 7) is 6.22. The summed E-state index contributed by atoms with van der Waals surface area (Å²) in [6, 6.07) is 0. The number of rotatable bonds is 6. The molecule has 28 heavy (non-hydrogen) atoms. The minimum Gasteiger partial charge on any atom is -0.465 e. The number of carbonyl (C=O) groups is 2. The number of ether oxygens (including phenoxy) is 2. The van der Waals surface area contributed by atoms with Gasteiger partial charge in [-0.15, -0.1) is 0 Å². The number of carbonyl (C=O) groups excluding carboxylic acids is 2. The van der Waals surface area contributed by atoms with Crippen LogP contribution in [0.3, 0.4) is 0 Å². The maximum absolute atomic E-state index is 12.7. The molecule has 0 saturated heterocycles. The van der Waals surface area contributed by atoms with E-state index in [9.17, 15) is 9.59 Å². The normalized spacial score (nSPS) is 37.9. The van der Waals surface area contributed by atoms with Gasteiger partial charge in [0.25, 0.3) is 0 Å². The lowest BCUT2D eigenvalue weighted by molar-refractivity contribution is -0.174. The summed E-state index contributed by atoms with van der Waals surface area (Å²) in [5.41, 5.74) is -0.129. The maximum atomic E-state index is 12.7. The highest BCUT2D eigenvalue weighted by molar-refractivity contribution is 5.81. The molecule has 158 valence electrons. The predicted molar refractivity (Wildman–Crippen MR) is 107 cm³/mol. The average molecular weight is 391 g/mol. The van der Waals surface area contributed by atoms with Crippen LogP contribution in [0.4, 0.5) is 0 Å². The van der Waals surface area contributed by atoms with Gasteiger partial charge in [0.05, 0.1) is 18.4 Å². The molecule has 2 atom stereocenters. The third-order valence-corrected chi connectivity index (χ3v) is 8.44. The van der Waals surface area contributed by atoms with Crippen molar-refractivity contribution in [3.8, 4) is 0 Å². The molecule has 5 rings (SSSR count). The standard InChI is InChI=1S/C24H38O4/c1-16(17(2)22(26)28-23(3)7-5-4-6-8-23)21(25)27-15-24-12-18-9-19(13-24)11-20(10-18)14-24/h16-20H,4-15H2,1-3H3. The summed E-state index contributed by atoms with van der Waals surface area (Å²) in [4.78, 5) is 25.4. The van der Waals surface area contributed by atoms with Crippen LogP contribution < -0.4 is 0 Å². The molecule has 0 aromatic heterocycles. The van der Waals surface area contributed by atoms with E-state index in [1.54, 1.807) is 0 Å². The van der Waals surface area contributed by atoms with Crippen LogP contribution in [0.5, 0.6) is 0 Å². The molecule has 4 bridgehead atoms. The highest BCUT2D eigenvalue weighted by Gasteiger charge is 2.51.